The summed E-state index contributed by atoms with van der Waals surface area (Å²) in [7, 11) is 0. The number of hydrogen-bond acceptors (Lipinski definition) is 1. The standard InChI is InChI=1S/C14H9ClF2O2/c1-7-2-5-11(16)12(13(7)17)10-6-8(15)3-4-9(10)14(18)19/h2-6H,1H3,(H,18,19). The minimum Gasteiger partial charge on any atom is -0.478 e. The van der Waals surface area contributed by atoms with E-state index in [-0.39, 0.29) is 27.3 Å². The van der Waals surface area contributed by atoms with Gasteiger partial charge in [0.05, 0.1) is 11.1 Å². The van der Waals surface area contributed by atoms with Gasteiger partial charge in [-0.2, -0.15) is 0 Å². The van der Waals surface area contributed by atoms with Crippen LogP contribution in [0.15, 0.2) is 30.3 Å². The van der Waals surface area contributed by atoms with Crippen LogP contribution in [-0.2, 0) is 0 Å². The number of aromatic carboxylic acids is 1. The SMILES string of the molecule is Cc1ccc(F)c(-c2cc(Cl)ccc2C(=O)O)c1F. The molecule has 0 heterocycles. The Morgan fingerprint density at radius 3 is 2.53 bits per heavy atom. The van der Waals surface area contributed by atoms with Gasteiger partial charge in [0.15, 0.2) is 0 Å². The normalized spacial score (nSPS) is 10.5. The maximum Gasteiger partial charge on any atom is 0.336 e. The van der Waals surface area contributed by atoms with Crippen molar-refractivity contribution in [3.05, 3.63) is 58.1 Å². The first-order chi connectivity index (χ1) is 8.91. The minimum atomic E-state index is -1.27. The van der Waals surface area contributed by atoms with Crippen LogP contribution in [0.2, 0.25) is 5.02 Å². The molecule has 0 saturated carbocycles. The van der Waals surface area contributed by atoms with Crippen molar-refractivity contribution in [2.75, 3.05) is 0 Å². The molecule has 2 nitrogen and oxygen atoms in total. The average Bonchev–Trinajstić information content (AvgIpc) is 2.34. The van der Waals surface area contributed by atoms with Gasteiger partial charge in [0, 0.05) is 10.6 Å². The van der Waals surface area contributed by atoms with Crippen molar-refractivity contribution < 1.29 is 18.7 Å². The smallest absolute Gasteiger partial charge is 0.336 e. The van der Waals surface area contributed by atoms with Crippen LogP contribution in [0.5, 0.6) is 0 Å². The highest BCUT2D eigenvalue weighted by Gasteiger charge is 2.20. The third-order valence-corrected chi connectivity index (χ3v) is 3.00. The van der Waals surface area contributed by atoms with Crippen LogP contribution in [0.3, 0.4) is 0 Å². The third-order valence-electron chi connectivity index (χ3n) is 2.77. The van der Waals surface area contributed by atoms with Crippen LogP contribution in [0.25, 0.3) is 11.1 Å². The van der Waals surface area contributed by atoms with Gasteiger partial charge in [-0.1, -0.05) is 17.7 Å². The summed E-state index contributed by atoms with van der Waals surface area (Å²) >= 11 is 5.78. The van der Waals surface area contributed by atoms with Crippen molar-refractivity contribution in [3.8, 4) is 11.1 Å². The van der Waals surface area contributed by atoms with Crippen LogP contribution in [-0.4, -0.2) is 11.1 Å². The Labute approximate surface area is 113 Å². The summed E-state index contributed by atoms with van der Waals surface area (Å²) in [5.74, 6) is -2.88. The van der Waals surface area contributed by atoms with Gasteiger partial charge in [-0.05, 0) is 36.8 Å². The molecule has 0 aliphatic rings. The maximum absolute atomic E-state index is 14.0. The van der Waals surface area contributed by atoms with E-state index in [2.05, 4.69) is 0 Å². The van der Waals surface area contributed by atoms with E-state index >= 15 is 0 Å². The Kier molecular flexibility index (Phi) is 3.53. The molecule has 19 heavy (non-hydrogen) atoms. The highest BCUT2D eigenvalue weighted by atomic mass is 35.5. The lowest BCUT2D eigenvalue weighted by atomic mass is 9.97. The molecule has 0 saturated heterocycles. The quantitative estimate of drug-likeness (QED) is 0.892. The predicted octanol–water partition coefficient (Wildman–Crippen LogP) is 4.29. The second-order valence-corrected chi connectivity index (χ2v) is 4.48. The molecule has 0 aromatic heterocycles. The Morgan fingerprint density at radius 1 is 1.21 bits per heavy atom. The molecular weight excluding hydrogens is 274 g/mol. The fourth-order valence-corrected chi connectivity index (χ4v) is 1.99. The Morgan fingerprint density at radius 2 is 1.89 bits per heavy atom. The zero-order valence-electron chi connectivity index (χ0n) is 9.88. The zero-order valence-corrected chi connectivity index (χ0v) is 10.6. The Bertz CT molecular complexity index is 669. The molecule has 0 radical (unpaired) electrons. The number of halogens is 3. The second-order valence-electron chi connectivity index (χ2n) is 4.05. The first-order valence-corrected chi connectivity index (χ1v) is 5.77. The van der Waals surface area contributed by atoms with Gasteiger partial charge in [0.1, 0.15) is 11.6 Å². The zero-order chi connectivity index (χ0) is 14.2. The number of rotatable bonds is 2. The minimum absolute atomic E-state index is 0.0706. The third kappa shape index (κ3) is 2.44. The van der Waals surface area contributed by atoms with E-state index in [1.807, 2.05) is 0 Å². The molecule has 5 heteroatoms. The highest BCUT2D eigenvalue weighted by molar-refractivity contribution is 6.31. The maximum atomic E-state index is 14.0. The van der Waals surface area contributed by atoms with Gasteiger partial charge >= 0.3 is 5.97 Å². The van der Waals surface area contributed by atoms with Crippen LogP contribution in [0, 0.1) is 18.6 Å². The highest BCUT2D eigenvalue weighted by Crippen LogP contribution is 2.32. The number of aryl methyl sites for hydroxylation is 1. The predicted molar refractivity (Wildman–Crippen MR) is 68.5 cm³/mol. The summed E-state index contributed by atoms with van der Waals surface area (Å²) in [6, 6.07) is 6.21. The van der Waals surface area contributed by atoms with E-state index in [0.717, 1.165) is 6.07 Å². The fraction of sp³-hybridized carbons (Fsp3) is 0.0714. The summed E-state index contributed by atoms with van der Waals surface area (Å²) < 4.78 is 27.9. The topological polar surface area (TPSA) is 37.3 Å². The molecule has 0 fully saturated rings. The van der Waals surface area contributed by atoms with Crippen LogP contribution < -0.4 is 0 Å². The van der Waals surface area contributed by atoms with E-state index in [1.54, 1.807) is 0 Å². The molecule has 98 valence electrons. The van der Waals surface area contributed by atoms with Gasteiger partial charge < -0.3 is 5.11 Å². The largest absolute Gasteiger partial charge is 0.478 e. The number of carbonyl (C=O) groups is 1. The second kappa shape index (κ2) is 4.97. The average molecular weight is 283 g/mol. The van der Waals surface area contributed by atoms with Crippen LogP contribution in [0.4, 0.5) is 8.78 Å². The van der Waals surface area contributed by atoms with Crippen molar-refractivity contribution >= 4 is 17.6 Å². The molecule has 2 aromatic rings. The molecule has 0 atom stereocenters. The van der Waals surface area contributed by atoms with Gasteiger partial charge in [0.25, 0.3) is 0 Å². The number of carboxylic acid groups (broad SMARTS) is 1. The summed E-state index contributed by atoms with van der Waals surface area (Å²) in [6.07, 6.45) is 0. The molecule has 0 aliphatic carbocycles. The van der Waals surface area contributed by atoms with Gasteiger partial charge in [0.2, 0.25) is 0 Å². The van der Waals surface area contributed by atoms with Gasteiger partial charge in [-0.25, -0.2) is 13.6 Å². The lowest BCUT2D eigenvalue weighted by Gasteiger charge is -2.10. The van der Waals surface area contributed by atoms with Crippen LogP contribution in [0.1, 0.15) is 15.9 Å². The number of hydrogen-bond donors (Lipinski definition) is 1. The van der Waals surface area contributed by atoms with Crippen molar-refractivity contribution in [1.29, 1.82) is 0 Å². The summed E-state index contributed by atoms with van der Waals surface area (Å²) in [5, 5.41) is 9.29. The molecule has 1 N–H and O–H groups in total. The van der Waals surface area contributed by atoms with E-state index in [0.29, 0.717) is 0 Å². The van der Waals surface area contributed by atoms with Crippen molar-refractivity contribution in [2.45, 2.75) is 6.92 Å². The summed E-state index contributed by atoms with van der Waals surface area (Å²) in [4.78, 5) is 11.1. The van der Waals surface area contributed by atoms with Crippen molar-refractivity contribution in [3.63, 3.8) is 0 Å². The molecule has 0 aliphatic heterocycles. The lowest BCUT2D eigenvalue weighted by Crippen LogP contribution is -2.02. The molecule has 2 aromatic carbocycles. The summed E-state index contributed by atoms with van der Waals surface area (Å²) in [6.45, 7) is 1.48. The number of benzene rings is 2. The van der Waals surface area contributed by atoms with Gasteiger partial charge in [-0.3, -0.25) is 0 Å². The molecule has 0 unspecified atom stereocenters. The fourth-order valence-electron chi connectivity index (χ4n) is 1.81. The first-order valence-electron chi connectivity index (χ1n) is 5.39. The Hall–Kier alpha value is -1.94. The molecule has 0 bridgehead atoms. The van der Waals surface area contributed by atoms with Crippen molar-refractivity contribution in [2.24, 2.45) is 0 Å². The van der Waals surface area contributed by atoms with E-state index in [4.69, 9.17) is 16.7 Å². The molecular formula is C14H9ClF2O2. The Balaban J connectivity index is 2.82. The first kappa shape index (κ1) is 13.5. The van der Waals surface area contributed by atoms with E-state index in [1.165, 1.54) is 31.2 Å². The van der Waals surface area contributed by atoms with E-state index in [9.17, 15) is 13.6 Å². The van der Waals surface area contributed by atoms with Crippen molar-refractivity contribution in [1.82, 2.24) is 0 Å². The number of carboxylic acids is 1. The summed E-state index contributed by atoms with van der Waals surface area (Å²) in [5.41, 5.74) is -0.417. The lowest BCUT2D eigenvalue weighted by molar-refractivity contribution is 0.0697. The monoisotopic (exact) mass is 282 g/mol. The van der Waals surface area contributed by atoms with Gasteiger partial charge in [-0.15, -0.1) is 0 Å². The molecule has 0 amide bonds. The molecule has 2 rings (SSSR count). The van der Waals surface area contributed by atoms with E-state index < -0.39 is 17.6 Å². The van der Waals surface area contributed by atoms with Crippen LogP contribution >= 0.6 is 11.6 Å². The molecule has 0 spiro atoms.